The van der Waals surface area contributed by atoms with E-state index in [9.17, 15) is 9.59 Å². The number of hydrogen-bond donors (Lipinski definition) is 2. The van der Waals surface area contributed by atoms with Gasteiger partial charge in [0.15, 0.2) is 0 Å². The average Bonchev–Trinajstić information content (AvgIpc) is 3.85. The second kappa shape index (κ2) is 15.5. The van der Waals surface area contributed by atoms with Crippen molar-refractivity contribution in [3.8, 4) is 0 Å². The fourth-order valence-corrected chi connectivity index (χ4v) is 8.05. The molecule has 48 heavy (non-hydrogen) atoms. The van der Waals surface area contributed by atoms with E-state index >= 15 is 0 Å². The first-order valence-electron chi connectivity index (χ1n) is 17.6. The van der Waals surface area contributed by atoms with Gasteiger partial charge in [-0.15, -0.1) is 0 Å². The van der Waals surface area contributed by atoms with E-state index in [1.807, 2.05) is 60.7 Å². The summed E-state index contributed by atoms with van der Waals surface area (Å²) in [5.41, 5.74) is 3.33. The zero-order valence-corrected chi connectivity index (χ0v) is 27.6. The van der Waals surface area contributed by atoms with Gasteiger partial charge in [-0.05, 0) is 49.9 Å². The van der Waals surface area contributed by atoms with E-state index in [1.165, 1.54) is 0 Å². The maximum atomic E-state index is 12.9. The lowest BCUT2D eigenvalue weighted by molar-refractivity contribution is -0.122. The molecule has 4 aliphatic rings. The summed E-state index contributed by atoms with van der Waals surface area (Å²) >= 11 is 0. The molecular weight excluding hydrogens is 604 g/mol. The molecule has 4 fully saturated rings. The van der Waals surface area contributed by atoms with Crippen molar-refractivity contribution >= 4 is 45.0 Å². The van der Waals surface area contributed by atoms with Crippen LogP contribution in [0.3, 0.4) is 0 Å². The van der Waals surface area contributed by atoms with E-state index in [0.717, 1.165) is 124 Å². The van der Waals surface area contributed by atoms with Gasteiger partial charge in [0.1, 0.15) is 0 Å². The molecule has 0 unspecified atom stereocenters. The molecule has 10 nitrogen and oxygen atoms in total. The summed E-state index contributed by atoms with van der Waals surface area (Å²) in [6, 6.07) is 20.4. The van der Waals surface area contributed by atoms with E-state index in [4.69, 9.17) is 9.47 Å². The van der Waals surface area contributed by atoms with Crippen molar-refractivity contribution in [3.05, 3.63) is 73.1 Å². The first kappa shape index (κ1) is 32.6. The number of morpholine rings is 2. The lowest BCUT2D eigenvalue weighted by atomic mass is 10.00. The Morgan fingerprint density at radius 2 is 1.00 bits per heavy atom. The summed E-state index contributed by atoms with van der Waals surface area (Å²) in [6.07, 6.45) is 9.91. The fourth-order valence-electron chi connectivity index (χ4n) is 8.05. The fraction of sp³-hybridized carbons (Fsp3) is 0.474. The molecule has 2 saturated heterocycles. The first-order valence-corrected chi connectivity index (χ1v) is 17.6. The van der Waals surface area contributed by atoms with Crippen LogP contribution in [0.2, 0.25) is 0 Å². The zero-order chi connectivity index (χ0) is 32.7. The number of carbonyl (C=O) groups is 2. The lowest BCUT2D eigenvalue weighted by Gasteiger charge is -2.35. The SMILES string of the molecule is O=C(Nc1cccc2cccnc12)[C@@H]1CCC[C@@H]1N1CCOCC1.O=C(Nc1cccc2cccnc12)[C@H]1CCC[C@H]1N1CCOCC1. The molecule has 2 aliphatic heterocycles. The third-order valence-corrected chi connectivity index (χ3v) is 10.4. The molecule has 0 radical (unpaired) electrons. The van der Waals surface area contributed by atoms with Crippen LogP contribution in [0.15, 0.2) is 73.1 Å². The molecule has 2 aromatic carbocycles. The van der Waals surface area contributed by atoms with Gasteiger partial charge in [-0.2, -0.15) is 0 Å². The normalized spacial score (nSPS) is 25.0. The predicted molar refractivity (Wildman–Crippen MR) is 188 cm³/mol. The number of rotatable bonds is 6. The number of fused-ring (bicyclic) bond motifs is 2. The Kier molecular flexibility index (Phi) is 10.5. The number of benzene rings is 2. The van der Waals surface area contributed by atoms with Gasteiger partial charge in [0.05, 0.1) is 60.7 Å². The maximum absolute atomic E-state index is 12.9. The van der Waals surface area contributed by atoms with E-state index in [-0.39, 0.29) is 23.7 Å². The number of amides is 2. The van der Waals surface area contributed by atoms with Crippen LogP contribution in [0.25, 0.3) is 21.8 Å². The van der Waals surface area contributed by atoms with Crippen molar-refractivity contribution in [2.75, 3.05) is 63.2 Å². The zero-order valence-electron chi connectivity index (χ0n) is 27.6. The molecule has 4 aromatic rings. The number of pyridine rings is 2. The predicted octanol–water partition coefficient (Wildman–Crippen LogP) is 5.35. The Bertz CT molecular complexity index is 1570. The van der Waals surface area contributed by atoms with Crippen molar-refractivity contribution < 1.29 is 19.1 Å². The summed E-state index contributed by atoms with van der Waals surface area (Å²) in [5, 5.41) is 8.37. The summed E-state index contributed by atoms with van der Waals surface area (Å²) in [4.78, 5) is 39.6. The van der Waals surface area contributed by atoms with E-state index < -0.39 is 0 Å². The summed E-state index contributed by atoms with van der Waals surface area (Å²) in [5.74, 6) is 0.369. The standard InChI is InChI=1S/2C19H23N3O2/c2*23-19(15-6-2-8-17(15)22-10-12-24-13-11-22)21-16-7-1-4-14-5-3-9-20-18(14)16/h2*1,3-5,7,9,15,17H,2,6,8,10-13H2,(H,21,23)/t2*15-,17+/m10/s1. The molecular formula is C38H46N6O4. The van der Waals surface area contributed by atoms with Gasteiger partial charge in [-0.3, -0.25) is 29.4 Å². The van der Waals surface area contributed by atoms with E-state index in [2.05, 4.69) is 30.4 Å². The third-order valence-electron chi connectivity index (χ3n) is 10.4. The smallest absolute Gasteiger partial charge is 0.229 e. The molecule has 2 saturated carbocycles. The Morgan fingerprint density at radius 1 is 0.583 bits per heavy atom. The minimum Gasteiger partial charge on any atom is -0.379 e. The minimum absolute atomic E-state index is 0.0575. The van der Waals surface area contributed by atoms with E-state index in [1.54, 1.807) is 12.4 Å². The molecule has 2 N–H and O–H groups in total. The highest BCUT2D eigenvalue weighted by Crippen LogP contribution is 2.34. The Labute approximate surface area is 282 Å². The van der Waals surface area contributed by atoms with Gasteiger partial charge in [0.2, 0.25) is 11.8 Å². The number of nitrogens with zero attached hydrogens (tertiary/aromatic N) is 4. The van der Waals surface area contributed by atoms with Crippen molar-refractivity contribution in [2.24, 2.45) is 11.8 Å². The largest absolute Gasteiger partial charge is 0.379 e. The number of anilines is 2. The third kappa shape index (κ3) is 7.37. The number of para-hydroxylation sites is 2. The van der Waals surface area contributed by atoms with Crippen LogP contribution in [0.1, 0.15) is 38.5 Å². The maximum Gasteiger partial charge on any atom is 0.229 e. The molecule has 8 rings (SSSR count). The summed E-state index contributed by atoms with van der Waals surface area (Å²) < 4.78 is 10.9. The highest BCUT2D eigenvalue weighted by atomic mass is 16.5. The van der Waals surface area contributed by atoms with Crippen molar-refractivity contribution in [2.45, 2.75) is 50.6 Å². The van der Waals surface area contributed by atoms with Gasteiger partial charge in [0, 0.05) is 61.4 Å². The molecule has 4 atom stereocenters. The molecule has 2 amide bonds. The number of aromatic nitrogens is 2. The monoisotopic (exact) mass is 650 g/mol. The first-order chi connectivity index (χ1) is 23.7. The molecule has 4 heterocycles. The number of ether oxygens (including phenoxy) is 2. The summed E-state index contributed by atoms with van der Waals surface area (Å²) in [7, 11) is 0. The Hall–Kier alpha value is -3.96. The van der Waals surface area contributed by atoms with E-state index in [0.29, 0.717) is 12.1 Å². The summed E-state index contributed by atoms with van der Waals surface area (Å²) in [6.45, 7) is 6.84. The second-order valence-corrected chi connectivity index (χ2v) is 13.2. The molecule has 2 aliphatic carbocycles. The van der Waals surface area contributed by atoms with Crippen LogP contribution in [-0.4, -0.2) is 96.3 Å². The molecule has 10 heteroatoms. The quantitative estimate of drug-likeness (QED) is 0.288. The Morgan fingerprint density at radius 3 is 1.44 bits per heavy atom. The second-order valence-electron chi connectivity index (χ2n) is 13.2. The van der Waals surface area contributed by atoms with Gasteiger partial charge < -0.3 is 20.1 Å². The van der Waals surface area contributed by atoms with Crippen LogP contribution < -0.4 is 10.6 Å². The van der Waals surface area contributed by atoms with Crippen LogP contribution in [0.5, 0.6) is 0 Å². The molecule has 2 aromatic heterocycles. The number of nitrogens with one attached hydrogen (secondary N) is 2. The van der Waals surface area contributed by atoms with Crippen molar-refractivity contribution in [1.29, 1.82) is 0 Å². The van der Waals surface area contributed by atoms with Crippen LogP contribution >= 0.6 is 0 Å². The minimum atomic E-state index is 0.0575. The van der Waals surface area contributed by atoms with Crippen molar-refractivity contribution in [1.82, 2.24) is 19.8 Å². The topological polar surface area (TPSA) is 109 Å². The highest BCUT2D eigenvalue weighted by Gasteiger charge is 2.38. The van der Waals surface area contributed by atoms with Crippen molar-refractivity contribution in [3.63, 3.8) is 0 Å². The van der Waals surface area contributed by atoms with Crippen LogP contribution in [-0.2, 0) is 19.1 Å². The number of carbonyl (C=O) groups excluding carboxylic acids is 2. The Balaban J connectivity index is 0.000000152. The molecule has 0 bridgehead atoms. The van der Waals surface area contributed by atoms with Gasteiger partial charge in [-0.25, -0.2) is 0 Å². The van der Waals surface area contributed by atoms with Gasteiger partial charge in [0.25, 0.3) is 0 Å². The highest BCUT2D eigenvalue weighted by molar-refractivity contribution is 6.02. The molecule has 0 spiro atoms. The van der Waals surface area contributed by atoms with Gasteiger partial charge in [-0.1, -0.05) is 49.2 Å². The van der Waals surface area contributed by atoms with Crippen LogP contribution in [0, 0.1) is 11.8 Å². The number of hydrogen-bond acceptors (Lipinski definition) is 8. The van der Waals surface area contributed by atoms with Crippen LogP contribution in [0.4, 0.5) is 11.4 Å². The lowest BCUT2D eigenvalue weighted by Crippen LogP contribution is -2.47. The molecule has 252 valence electrons. The van der Waals surface area contributed by atoms with Gasteiger partial charge >= 0.3 is 0 Å². The average molecular weight is 651 g/mol.